The molecule has 0 N–H and O–H groups in total. The summed E-state index contributed by atoms with van der Waals surface area (Å²) in [6.07, 6.45) is 0.511. The van der Waals surface area contributed by atoms with Crippen LogP contribution in [0.15, 0.2) is 24.3 Å². The van der Waals surface area contributed by atoms with Crippen LogP contribution in [0.4, 0.5) is 0 Å². The summed E-state index contributed by atoms with van der Waals surface area (Å²) in [5, 5.41) is 0.479. The van der Waals surface area contributed by atoms with Gasteiger partial charge >= 0.3 is 5.97 Å². The maximum atomic E-state index is 11.6. The quantitative estimate of drug-likeness (QED) is 0.452. The molecule has 0 aliphatic rings. The smallest absolute Gasteiger partial charge is 0.313 e. The zero-order valence-electron chi connectivity index (χ0n) is 9.03. The number of hydrogen-bond acceptors (Lipinski definition) is 3. The molecule has 0 atom stereocenters. The second-order valence-electron chi connectivity index (χ2n) is 3.33. The first-order chi connectivity index (χ1) is 7.63. The lowest BCUT2D eigenvalue weighted by Crippen LogP contribution is -2.11. The Labute approximate surface area is 99.4 Å². The fourth-order valence-electron chi connectivity index (χ4n) is 1.16. The molecule has 16 heavy (non-hydrogen) atoms. The minimum Gasteiger partial charge on any atom is -0.465 e. The number of ketones is 1. The van der Waals surface area contributed by atoms with Crippen molar-refractivity contribution in [3.63, 3.8) is 0 Å². The van der Waals surface area contributed by atoms with Crippen molar-refractivity contribution in [2.75, 3.05) is 6.61 Å². The van der Waals surface area contributed by atoms with Crippen molar-refractivity contribution in [3.05, 3.63) is 34.9 Å². The molecule has 4 heteroatoms. The van der Waals surface area contributed by atoms with E-state index < -0.39 is 5.97 Å². The lowest BCUT2D eigenvalue weighted by Gasteiger charge is -2.02. The number of ether oxygens (including phenoxy) is 1. The number of benzene rings is 1. The summed E-state index contributed by atoms with van der Waals surface area (Å²) in [6, 6.07) is 6.51. The Morgan fingerprint density at radius 2 is 2.12 bits per heavy atom. The van der Waals surface area contributed by atoms with Gasteiger partial charge in [0.1, 0.15) is 6.42 Å². The molecule has 0 saturated carbocycles. The molecule has 0 unspecified atom stereocenters. The van der Waals surface area contributed by atoms with E-state index in [0.29, 0.717) is 17.2 Å². The van der Waals surface area contributed by atoms with Gasteiger partial charge < -0.3 is 4.74 Å². The number of Topliss-reactive ketones (excluding diaryl/α,β-unsaturated/α-hetero) is 1. The standard InChI is InChI=1S/C12H13ClO3/c1-2-6-16-12(15)8-11(14)9-4-3-5-10(13)7-9/h3-5,7H,2,6,8H2,1H3. The molecule has 0 saturated heterocycles. The van der Waals surface area contributed by atoms with Gasteiger partial charge in [0.25, 0.3) is 0 Å². The lowest BCUT2D eigenvalue weighted by atomic mass is 10.1. The van der Waals surface area contributed by atoms with E-state index in [-0.39, 0.29) is 12.2 Å². The molecule has 0 radical (unpaired) electrons. The Morgan fingerprint density at radius 3 is 2.75 bits per heavy atom. The maximum Gasteiger partial charge on any atom is 0.313 e. The zero-order chi connectivity index (χ0) is 12.0. The average molecular weight is 241 g/mol. The predicted octanol–water partition coefficient (Wildman–Crippen LogP) is 2.87. The van der Waals surface area contributed by atoms with Gasteiger partial charge in [-0.15, -0.1) is 0 Å². The Kier molecular flexibility index (Phi) is 4.99. The van der Waals surface area contributed by atoms with Crippen molar-refractivity contribution in [1.29, 1.82) is 0 Å². The fourth-order valence-corrected chi connectivity index (χ4v) is 1.35. The van der Waals surface area contributed by atoms with E-state index in [4.69, 9.17) is 16.3 Å². The van der Waals surface area contributed by atoms with Crippen LogP contribution in [0.2, 0.25) is 5.02 Å². The first kappa shape index (κ1) is 12.7. The van der Waals surface area contributed by atoms with E-state index in [9.17, 15) is 9.59 Å². The fraction of sp³-hybridized carbons (Fsp3) is 0.333. The van der Waals surface area contributed by atoms with Crippen molar-refractivity contribution >= 4 is 23.4 Å². The predicted molar refractivity (Wildman–Crippen MR) is 61.6 cm³/mol. The van der Waals surface area contributed by atoms with E-state index in [2.05, 4.69) is 0 Å². The van der Waals surface area contributed by atoms with Crippen LogP contribution >= 0.6 is 11.6 Å². The van der Waals surface area contributed by atoms with Crippen molar-refractivity contribution in [3.8, 4) is 0 Å². The number of carbonyl (C=O) groups is 2. The number of carbonyl (C=O) groups excluding carboxylic acids is 2. The SMILES string of the molecule is CCCOC(=O)CC(=O)c1cccc(Cl)c1. The number of rotatable bonds is 5. The van der Waals surface area contributed by atoms with Crippen LogP contribution in [0.25, 0.3) is 0 Å². The van der Waals surface area contributed by atoms with Crippen LogP contribution < -0.4 is 0 Å². The van der Waals surface area contributed by atoms with Crippen molar-refractivity contribution in [2.45, 2.75) is 19.8 Å². The van der Waals surface area contributed by atoms with E-state index >= 15 is 0 Å². The second-order valence-corrected chi connectivity index (χ2v) is 3.77. The van der Waals surface area contributed by atoms with Crippen molar-refractivity contribution in [2.24, 2.45) is 0 Å². The first-order valence-corrected chi connectivity index (χ1v) is 5.45. The molecule has 0 heterocycles. The van der Waals surface area contributed by atoms with Crippen molar-refractivity contribution < 1.29 is 14.3 Å². The van der Waals surface area contributed by atoms with Gasteiger partial charge in [0, 0.05) is 10.6 Å². The molecule has 0 amide bonds. The monoisotopic (exact) mass is 240 g/mol. The molecule has 0 bridgehead atoms. The van der Waals surface area contributed by atoms with E-state index in [0.717, 1.165) is 6.42 Å². The minimum atomic E-state index is -0.494. The molecule has 1 aromatic carbocycles. The third-order valence-corrected chi connectivity index (χ3v) is 2.15. The molecule has 0 aliphatic carbocycles. The highest BCUT2D eigenvalue weighted by atomic mass is 35.5. The van der Waals surface area contributed by atoms with Gasteiger partial charge in [-0.1, -0.05) is 30.7 Å². The number of esters is 1. The van der Waals surface area contributed by atoms with E-state index in [1.807, 2.05) is 6.92 Å². The summed E-state index contributed by atoms with van der Waals surface area (Å²) in [7, 11) is 0. The van der Waals surface area contributed by atoms with Gasteiger partial charge in [0.05, 0.1) is 6.61 Å². The summed E-state index contributed by atoms with van der Waals surface area (Å²) >= 11 is 5.74. The highest BCUT2D eigenvalue weighted by molar-refractivity contribution is 6.31. The summed E-state index contributed by atoms with van der Waals surface area (Å²) in [6.45, 7) is 2.24. The largest absolute Gasteiger partial charge is 0.465 e. The Hall–Kier alpha value is -1.35. The summed E-state index contributed by atoms with van der Waals surface area (Å²) in [5.41, 5.74) is 0.431. The van der Waals surface area contributed by atoms with Crippen LogP contribution in [0, 0.1) is 0 Å². The van der Waals surface area contributed by atoms with Gasteiger partial charge in [-0.25, -0.2) is 0 Å². The molecule has 86 valence electrons. The molecular weight excluding hydrogens is 228 g/mol. The van der Waals surface area contributed by atoms with Crippen LogP contribution in [0.1, 0.15) is 30.1 Å². The molecule has 0 aliphatic heterocycles. The van der Waals surface area contributed by atoms with Crippen LogP contribution in [-0.4, -0.2) is 18.4 Å². The van der Waals surface area contributed by atoms with Gasteiger partial charge in [0.2, 0.25) is 0 Å². The van der Waals surface area contributed by atoms with Crippen LogP contribution in [0.3, 0.4) is 0 Å². The van der Waals surface area contributed by atoms with Gasteiger partial charge in [-0.3, -0.25) is 9.59 Å². The van der Waals surface area contributed by atoms with Gasteiger partial charge in [-0.05, 0) is 18.6 Å². The second kappa shape index (κ2) is 6.28. The molecule has 0 spiro atoms. The molecular formula is C12H13ClO3. The maximum absolute atomic E-state index is 11.6. The molecule has 1 rings (SSSR count). The van der Waals surface area contributed by atoms with Crippen LogP contribution in [-0.2, 0) is 9.53 Å². The average Bonchev–Trinajstić information content (AvgIpc) is 2.26. The molecule has 0 aromatic heterocycles. The first-order valence-electron chi connectivity index (χ1n) is 5.08. The topological polar surface area (TPSA) is 43.4 Å². The van der Waals surface area contributed by atoms with Crippen LogP contribution in [0.5, 0.6) is 0 Å². The summed E-state index contributed by atoms with van der Waals surface area (Å²) in [4.78, 5) is 22.8. The minimum absolute atomic E-state index is 0.236. The summed E-state index contributed by atoms with van der Waals surface area (Å²) < 4.78 is 4.82. The number of halogens is 1. The molecule has 0 fully saturated rings. The molecule has 1 aromatic rings. The van der Waals surface area contributed by atoms with Gasteiger partial charge in [-0.2, -0.15) is 0 Å². The van der Waals surface area contributed by atoms with E-state index in [1.165, 1.54) is 6.07 Å². The third-order valence-electron chi connectivity index (χ3n) is 1.92. The van der Waals surface area contributed by atoms with E-state index in [1.54, 1.807) is 18.2 Å². The molecule has 3 nitrogen and oxygen atoms in total. The zero-order valence-corrected chi connectivity index (χ0v) is 9.79. The van der Waals surface area contributed by atoms with Crippen molar-refractivity contribution in [1.82, 2.24) is 0 Å². The Balaban J connectivity index is 2.55. The normalized spacial score (nSPS) is 9.88. The van der Waals surface area contributed by atoms with Gasteiger partial charge in [0.15, 0.2) is 5.78 Å². The lowest BCUT2D eigenvalue weighted by molar-refractivity contribution is -0.142. The Bertz CT molecular complexity index is 388. The number of hydrogen-bond donors (Lipinski definition) is 0. The third kappa shape index (κ3) is 4.03. The highest BCUT2D eigenvalue weighted by Gasteiger charge is 2.12. The highest BCUT2D eigenvalue weighted by Crippen LogP contribution is 2.12. The Morgan fingerprint density at radius 1 is 1.38 bits per heavy atom. The summed E-state index contributed by atoms with van der Waals surface area (Å²) in [5.74, 6) is -0.768.